The van der Waals surface area contributed by atoms with E-state index in [0.717, 1.165) is 68.6 Å². The van der Waals surface area contributed by atoms with Crippen molar-refractivity contribution in [3.8, 4) is 0 Å². The molecule has 0 aliphatic carbocycles. The lowest BCUT2D eigenvalue weighted by atomic mass is 10.0. The zero-order valence-electron chi connectivity index (χ0n) is 17.4. The summed E-state index contributed by atoms with van der Waals surface area (Å²) in [6.07, 6.45) is 6.58. The number of nitrogens with one attached hydrogen (secondary N) is 1. The lowest BCUT2D eigenvalue weighted by Crippen LogP contribution is -2.53. The number of aromatic amines is 1. The summed E-state index contributed by atoms with van der Waals surface area (Å²) in [6, 6.07) is 7.78. The second-order valence-corrected chi connectivity index (χ2v) is 8.40. The summed E-state index contributed by atoms with van der Waals surface area (Å²) in [4.78, 5) is 35.5. The van der Waals surface area contributed by atoms with Crippen molar-refractivity contribution in [3.63, 3.8) is 0 Å². The number of aromatic nitrogens is 1. The summed E-state index contributed by atoms with van der Waals surface area (Å²) in [5.74, 6) is 0.430. The first kappa shape index (κ1) is 20.1. The summed E-state index contributed by atoms with van der Waals surface area (Å²) in [5.41, 5.74) is 1.77. The summed E-state index contributed by atoms with van der Waals surface area (Å²) < 4.78 is 0. The van der Waals surface area contributed by atoms with Crippen LogP contribution in [0.2, 0.25) is 0 Å². The van der Waals surface area contributed by atoms with E-state index in [1.807, 2.05) is 42.3 Å². The topological polar surface area (TPSA) is 59.7 Å². The molecule has 2 aliphatic rings. The highest BCUT2D eigenvalue weighted by molar-refractivity contribution is 6.10. The molecule has 0 radical (unpaired) electrons. The molecule has 3 heterocycles. The van der Waals surface area contributed by atoms with Gasteiger partial charge in [-0.05, 0) is 25.8 Å². The van der Waals surface area contributed by atoms with Crippen LogP contribution in [0.15, 0.2) is 30.5 Å². The molecule has 29 heavy (non-hydrogen) atoms. The van der Waals surface area contributed by atoms with Gasteiger partial charge in [-0.15, -0.1) is 0 Å². The minimum atomic E-state index is -0.155. The second kappa shape index (κ2) is 9.09. The number of benzene rings is 1. The number of amides is 1. The molecule has 6 nitrogen and oxygen atoms in total. The summed E-state index contributed by atoms with van der Waals surface area (Å²) in [5, 5.41) is 0.992. The average Bonchev–Trinajstić information content (AvgIpc) is 2.98. The highest BCUT2D eigenvalue weighted by atomic mass is 16.2. The van der Waals surface area contributed by atoms with E-state index in [1.54, 1.807) is 0 Å². The van der Waals surface area contributed by atoms with Crippen molar-refractivity contribution in [2.75, 3.05) is 45.8 Å². The Morgan fingerprint density at radius 3 is 2.38 bits per heavy atom. The standard InChI is InChI=1S/C23H32N4O2/c1-18(23(29)20-16-24-21-9-5-4-8-19(20)21)26-14-12-25(13-15-26)17-22(28)27-10-6-2-3-7-11-27/h4-5,8-9,16,18,24H,2-3,6-7,10-15,17H2,1H3/t18-/m0/s1. The van der Waals surface area contributed by atoms with E-state index in [4.69, 9.17) is 0 Å². The third-order valence-corrected chi connectivity index (χ3v) is 6.51. The Morgan fingerprint density at radius 1 is 0.966 bits per heavy atom. The van der Waals surface area contributed by atoms with Crippen LogP contribution in [-0.4, -0.2) is 83.2 Å². The first-order valence-corrected chi connectivity index (χ1v) is 11.0. The van der Waals surface area contributed by atoms with Crippen molar-refractivity contribution in [3.05, 3.63) is 36.0 Å². The SMILES string of the molecule is C[C@@H](C(=O)c1c[nH]c2ccccc12)N1CCN(CC(=O)N2CCCCCC2)CC1. The molecule has 1 amide bonds. The molecule has 1 aromatic carbocycles. The van der Waals surface area contributed by atoms with E-state index < -0.39 is 0 Å². The Hall–Kier alpha value is -2.18. The smallest absolute Gasteiger partial charge is 0.236 e. The maximum absolute atomic E-state index is 13.1. The Morgan fingerprint density at radius 2 is 1.66 bits per heavy atom. The molecule has 2 aromatic rings. The van der Waals surface area contributed by atoms with Crippen LogP contribution in [0.5, 0.6) is 0 Å². The van der Waals surface area contributed by atoms with Gasteiger partial charge in [0.25, 0.3) is 0 Å². The van der Waals surface area contributed by atoms with Crippen molar-refractivity contribution in [2.24, 2.45) is 0 Å². The number of Topliss-reactive ketones (excluding diaryl/α,β-unsaturated/α-hetero) is 1. The molecule has 0 unspecified atom stereocenters. The molecular formula is C23H32N4O2. The molecule has 0 saturated carbocycles. The van der Waals surface area contributed by atoms with Crippen LogP contribution in [0.25, 0.3) is 10.9 Å². The first-order chi connectivity index (χ1) is 14.1. The number of carbonyl (C=O) groups is 2. The molecule has 2 aliphatic heterocycles. The molecule has 0 spiro atoms. The van der Waals surface area contributed by atoms with Crippen molar-refractivity contribution in [1.82, 2.24) is 19.7 Å². The summed E-state index contributed by atoms with van der Waals surface area (Å²) in [6.45, 7) is 7.66. The molecular weight excluding hydrogens is 364 g/mol. The lowest BCUT2D eigenvalue weighted by molar-refractivity contribution is -0.132. The van der Waals surface area contributed by atoms with Gasteiger partial charge in [0.1, 0.15) is 0 Å². The number of piperazine rings is 1. The molecule has 1 N–H and O–H groups in total. The number of hydrogen-bond donors (Lipinski definition) is 1. The third kappa shape index (κ3) is 4.54. The van der Waals surface area contributed by atoms with Gasteiger partial charge in [0.2, 0.25) is 5.91 Å². The number of nitrogens with zero attached hydrogens (tertiary/aromatic N) is 3. The molecule has 0 bridgehead atoms. The van der Waals surface area contributed by atoms with Crippen molar-refractivity contribution >= 4 is 22.6 Å². The highest BCUT2D eigenvalue weighted by Gasteiger charge is 2.28. The largest absolute Gasteiger partial charge is 0.360 e. The van der Waals surface area contributed by atoms with Crippen molar-refractivity contribution < 1.29 is 9.59 Å². The minimum absolute atomic E-state index is 0.155. The van der Waals surface area contributed by atoms with E-state index in [-0.39, 0.29) is 17.7 Å². The van der Waals surface area contributed by atoms with E-state index in [0.29, 0.717) is 6.54 Å². The number of carbonyl (C=O) groups excluding carboxylic acids is 2. The van der Waals surface area contributed by atoms with Crippen LogP contribution >= 0.6 is 0 Å². The van der Waals surface area contributed by atoms with Gasteiger partial charge in [-0.25, -0.2) is 0 Å². The molecule has 2 fully saturated rings. The maximum Gasteiger partial charge on any atom is 0.236 e. The number of likely N-dealkylation sites (tertiary alicyclic amines) is 1. The van der Waals surface area contributed by atoms with Crippen LogP contribution in [0.3, 0.4) is 0 Å². The zero-order valence-corrected chi connectivity index (χ0v) is 17.4. The van der Waals surface area contributed by atoms with Gasteiger partial charge < -0.3 is 9.88 Å². The van der Waals surface area contributed by atoms with Gasteiger partial charge in [-0.3, -0.25) is 19.4 Å². The van der Waals surface area contributed by atoms with Crippen LogP contribution in [-0.2, 0) is 4.79 Å². The molecule has 1 atom stereocenters. The molecule has 156 valence electrons. The van der Waals surface area contributed by atoms with Crippen LogP contribution < -0.4 is 0 Å². The number of hydrogen-bond acceptors (Lipinski definition) is 4. The number of rotatable bonds is 5. The van der Waals surface area contributed by atoms with Gasteiger partial charge in [0.05, 0.1) is 12.6 Å². The van der Waals surface area contributed by atoms with Gasteiger partial charge in [-0.1, -0.05) is 31.0 Å². The number of ketones is 1. The third-order valence-electron chi connectivity index (χ3n) is 6.51. The van der Waals surface area contributed by atoms with Gasteiger partial charge in [0.15, 0.2) is 5.78 Å². The second-order valence-electron chi connectivity index (χ2n) is 8.40. The fourth-order valence-electron chi connectivity index (χ4n) is 4.59. The summed E-state index contributed by atoms with van der Waals surface area (Å²) in [7, 11) is 0. The first-order valence-electron chi connectivity index (χ1n) is 11.0. The average molecular weight is 397 g/mol. The molecule has 2 saturated heterocycles. The van der Waals surface area contributed by atoms with Gasteiger partial charge in [0, 0.05) is 61.9 Å². The van der Waals surface area contributed by atoms with Crippen LogP contribution in [0, 0.1) is 0 Å². The van der Waals surface area contributed by atoms with E-state index in [2.05, 4.69) is 14.8 Å². The van der Waals surface area contributed by atoms with Crippen LogP contribution in [0.1, 0.15) is 43.0 Å². The van der Waals surface area contributed by atoms with E-state index >= 15 is 0 Å². The maximum atomic E-state index is 13.1. The monoisotopic (exact) mass is 396 g/mol. The molecule has 1 aromatic heterocycles. The lowest BCUT2D eigenvalue weighted by Gasteiger charge is -2.37. The fraction of sp³-hybridized carbons (Fsp3) is 0.565. The summed E-state index contributed by atoms with van der Waals surface area (Å²) >= 11 is 0. The predicted octanol–water partition coefficient (Wildman–Crippen LogP) is 2.76. The highest BCUT2D eigenvalue weighted by Crippen LogP contribution is 2.21. The Balaban J connectivity index is 1.30. The van der Waals surface area contributed by atoms with Crippen molar-refractivity contribution in [2.45, 2.75) is 38.6 Å². The Bertz CT molecular complexity index is 845. The fourth-order valence-corrected chi connectivity index (χ4v) is 4.59. The van der Waals surface area contributed by atoms with Crippen LogP contribution in [0.4, 0.5) is 0 Å². The quantitative estimate of drug-likeness (QED) is 0.790. The molecule has 4 rings (SSSR count). The number of fused-ring (bicyclic) bond motifs is 1. The predicted molar refractivity (Wildman–Crippen MR) is 115 cm³/mol. The van der Waals surface area contributed by atoms with Gasteiger partial charge >= 0.3 is 0 Å². The minimum Gasteiger partial charge on any atom is -0.360 e. The normalized spacial score (nSPS) is 20.5. The molecule has 6 heteroatoms. The number of H-pyrrole nitrogens is 1. The zero-order chi connectivity index (χ0) is 20.2. The van der Waals surface area contributed by atoms with E-state index in [9.17, 15) is 9.59 Å². The van der Waals surface area contributed by atoms with Crippen molar-refractivity contribution in [1.29, 1.82) is 0 Å². The Labute approximate surface area is 172 Å². The number of para-hydroxylation sites is 1. The van der Waals surface area contributed by atoms with E-state index in [1.165, 1.54) is 12.8 Å². The van der Waals surface area contributed by atoms with Gasteiger partial charge in [-0.2, -0.15) is 0 Å². The Kier molecular flexibility index (Phi) is 6.31.